The van der Waals surface area contributed by atoms with E-state index in [-0.39, 0.29) is 12.4 Å². The molecule has 8 heteroatoms. The van der Waals surface area contributed by atoms with Crippen molar-refractivity contribution in [3.05, 3.63) is 71.1 Å². The molecule has 4 rings (SSSR count). The average Bonchev–Trinajstić information content (AvgIpc) is 3.23. The fraction of sp³-hybridized carbons (Fsp3) is 0.333. The van der Waals surface area contributed by atoms with Gasteiger partial charge in [-0.25, -0.2) is 4.79 Å². The quantitative estimate of drug-likeness (QED) is 0.188. The Balaban J connectivity index is 1.40. The molecule has 0 fully saturated rings. The van der Waals surface area contributed by atoms with Gasteiger partial charge in [-0.05, 0) is 69.2 Å². The molecule has 0 aliphatic carbocycles. The van der Waals surface area contributed by atoms with Crippen LogP contribution in [0.5, 0.6) is 23.0 Å². The zero-order valence-corrected chi connectivity index (χ0v) is 22.2. The summed E-state index contributed by atoms with van der Waals surface area (Å²) in [5.74, 6) is 1.76. The maximum atomic E-state index is 12.9. The van der Waals surface area contributed by atoms with E-state index in [0.717, 1.165) is 29.1 Å². The van der Waals surface area contributed by atoms with Gasteiger partial charge in [-0.1, -0.05) is 13.0 Å². The minimum atomic E-state index is -0.608. The molecule has 1 aliphatic heterocycles. The van der Waals surface area contributed by atoms with Gasteiger partial charge in [0.1, 0.15) is 13.2 Å². The predicted molar refractivity (Wildman–Crippen MR) is 144 cm³/mol. The molecule has 1 aliphatic rings. The van der Waals surface area contributed by atoms with Gasteiger partial charge in [0.25, 0.3) is 0 Å². The number of rotatable bonds is 11. The van der Waals surface area contributed by atoms with Gasteiger partial charge in [-0.3, -0.25) is 4.79 Å². The first-order valence-electron chi connectivity index (χ1n) is 12.8. The van der Waals surface area contributed by atoms with Crippen LogP contribution in [0.25, 0.3) is 11.8 Å². The smallest absolute Gasteiger partial charge is 0.331 e. The lowest BCUT2D eigenvalue weighted by molar-refractivity contribution is -0.136. The van der Waals surface area contributed by atoms with Crippen LogP contribution in [-0.2, 0) is 9.53 Å². The van der Waals surface area contributed by atoms with Crippen molar-refractivity contribution in [3.63, 3.8) is 0 Å². The number of ether oxygens (including phenoxy) is 5. The van der Waals surface area contributed by atoms with Gasteiger partial charge in [-0.15, -0.1) is 0 Å². The Hall–Kier alpha value is -4.20. The minimum Gasteiger partial charge on any atom is -0.490 e. The molecule has 2 heterocycles. The lowest BCUT2D eigenvalue weighted by Gasteiger charge is -2.20. The van der Waals surface area contributed by atoms with Gasteiger partial charge in [0.15, 0.2) is 29.6 Å². The highest BCUT2D eigenvalue weighted by Gasteiger charge is 2.20. The molecule has 38 heavy (non-hydrogen) atoms. The van der Waals surface area contributed by atoms with Gasteiger partial charge in [0.05, 0.1) is 13.2 Å². The first kappa shape index (κ1) is 26.9. The molecule has 3 aromatic rings. The summed E-state index contributed by atoms with van der Waals surface area (Å²) >= 11 is 0. The second kappa shape index (κ2) is 12.4. The molecule has 0 radical (unpaired) electrons. The summed E-state index contributed by atoms with van der Waals surface area (Å²) in [7, 11) is 0. The first-order chi connectivity index (χ1) is 18.4. The molecule has 0 N–H and O–H groups in total. The topological polar surface area (TPSA) is 85.2 Å². The average molecular weight is 520 g/mol. The summed E-state index contributed by atoms with van der Waals surface area (Å²) in [6.07, 6.45) is 3.80. The molecule has 0 spiro atoms. The maximum absolute atomic E-state index is 12.9. The minimum absolute atomic E-state index is 0.278. The van der Waals surface area contributed by atoms with Gasteiger partial charge in [0, 0.05) is 34.8 Å². The Labute approximate surface area is 222 Å². The van der Waals surface area contributed by atoms with E-state index in [2.05, 4.69) is 0 Å². The highest BCUT2D eigenvalue weighted by Crippen LogP contribution is 2.33. The summed E-state index contributed by atoms with van der Waals surface area (Å²) < 4.78 is 29.9. The van der Waals surface area contributed by atoms with Crippen LogP contribution in [0, 0.1) is 13.8 Å². The van der Waals surface area contributed by atoms with Crippen molar-refractivity contribution in [3.8, 4) is 28.7 Å². The second-order valence-corrected chi connectivity index (χ2v) is 8.80. The van der Waals surface area contributed by atoms with Crippen molar-refractivity contribution >= 4 is 17.8 Å². The number of esters is 1. The number of aromatic nitrogens is 1. The highest BCUT2D eigenvalue weighted by molar-refractivity contribution is 6.00. The van der Waals surface area contributed by atoms with Gasteiger partial charge in [0.2, 0.25) is 5.78 Å². The fourth-order valence-corrected chi connectivity index (χ4v) is 4.27. The van der Waals surface area contributed by atoms with Crippen LogP contribution in [0.2, 0.25) is 0 Å². The lowest BCUT2D eigenvalue weighted by atomic mass is 10.1. The van der Waals surface area contributed by atoms with Crippen LogP contribution < -0.4 is 18.9 Å². The van der Waals surface area contributed by atoms with Crippen LogP contribution in [0.15, 0.2) is 48.5 Å². The van der Waals surface area contributed by atoms with Gasteiger partial charge >= 0.3 is 5.97 Å². The molecule has 8 nitrogen and oxygen atoms in total. The molecule has 0 saturated heterocycles. The van der Waals surface area contributed by atoms with Crippen LogP contribution in [0.4, 0.5) is 0 Å². The number of aryl methyl sites for hydroxylation is 1. The van der Waals surface area contributed by atoms with Crippen LogP contribution in [-0.4, -0.2) is 49.4 Å². The number of carbonyl (C=O) groups excluding carboxylic acids is 2. The third-order valence-corrected chi connectivity index (χ3v) is 6.00. The van der Waals surface area contributed by atoms with Gasteiger partial charge in [-0.2, -0.15) is 0 Å². The SMILES string of the molecule is CCCOc1ccc(/C=C/C(=O)OCC(=O)c2cc(C)n(-c3ccc4c(c3)OCCO4)c2C)cc1OCC. The number of hydrogen-bond acceptors (Lipinski definition) is 7. The van der Waals surface area contributed by atoms with Crippen molar-refractivity contribution in [1.29, 1.82) is 0 Å². The molecule has 2 aromatic carbocycles. The third kappa shape index (κ3) is 6.19. The standard InChI is InChI=1S/C30H33NO7/c1-5-13-35-26-10-7-22(17-28(26)34-6-2)8-12-30(33)38-19-25(32)24-16-20(3)31(21(24)4)23-9-11-27-29(18-23)37-15-14-36-27/h7-12,16-18H,5-6,13-15,19H2,1-4H3/b12-8+. The largest absolute Gasteiger partial charge is 0.490 e. The van der Waals surface area contributed by atoms with Crippen molar-refractivity contribution in [2.24, 2.45) is 0 Å². The number of Topliss-reactive ketones (excluding diaryl/α,β-unsaturated/α-hetero) is 1. The Morgan fingerprint density at radius 1 is 0.947 bits per heavy atom. The van der Waals surface area contributed by atoms with E-state index in [9.17, 15) is 9.59 Å². The number of carbonyl (C=O) groups is 2. The Morgan fingerprint density at radius 3 is 2.50 bits per heavy atom. The fourth-order valence-electron chi connectivity index (χ4n) is 4.27. The number of benzene rings is 2. The number of fused-ring (bicyclic) bond motifs is 1. The Bertz CT molecular complexity index is 1340. The van der Waals surface area contributed by atoms with Crippen LogP contribution in [0.1, 0.15) is 47.6 Å². The molecule has 1 aromatic heterocycles. The summed E-state index contributed by atoms with van der Waals surface area (Å²) in [6, 6.07) is 12.9. The number of hydrogen-bond donors (Lipinski definition) is 0. The normalized spacial score (nSPS) is 12.4. The van der Waals surface area contributed by atoms with Gasteiger partial charge < -0.3 is 28.3 Å². The van der Waals surface area contributed by atoms with Crippen LogP contribution in [0.3, 0.4) is 0 Å². The van der Waals surface area contributed by atoms with E-state index in [1.165, 1.54) is 6.08 Å². The Kier molecular flexibility index (Phi) is 8.73. The molecule has 0 amide bonds. The monoisotopic (exact) mass is 519 g/mol. The predicted octanol–water partition coefficient (Wildman–Crippen LogP) is 5.49. The molecule has 0 unspecified atom stereocenters. The molecule has 0 bridgehead atoms. The first-order valence-corrected chi connectivity index (χ1v) is 12.8. The zero-order chi connectivity index (χ0) is 27.1. The van der Waals surface area contributed by atoms with Crippen LogP contribution >= 0.6 is 0 Å². The summed E-state index contributed by atoms with van der Waals surface area (Å²) in [5.41, 5.74) is 3.75. The number of nitrogens with zero attached hydrogens (tertiary/aromatic N) is 1. The highest BCUT2D eigenvalue weighted by atomic mass is 16.6. The van der Waals surface area contributed by atoms with Crippen molar-refractivity contribution in [1.82, 2.24) is 4.57 Å². The molecular weight excluding hydrogens is 486 g/mol. The van der Waals surface area contributed by atoms with E-state index in [1.807, 2.05) is 62.6 Å². The Morgan fingerprint density at radius 2 is 1.74 bits per heavy atom. The van der Waals surface area contributed by atoms with Crippen molar-refractivity contribution in [2.75, 3.05) is 33.0 Å². The zero-order valence-electron chi connectivity index (χ0n) is 22.2. The second-order valence-electron chi connectivity index (χ2n) is 8.80. The molecular formula is C30H33NO7. The summed E-state index contributed by atoms with van der Waals surface area (Å²) in [5, 5.41) is 0. The molecule has 0 atom stereocenters. The molecule has 200 valence electrons. The maximum Gasteiger partial charge on any atom is 0.331 e. The van der Waals surface area contributed by atoms with E-state index in [4.69, 9.17) is 23.7 Å². The van der Waals surface area contributed by atoms with E-state index in [0.29, 0.717) is 55.0 Å². The summed E-state index contributed by atoms with van der Waals surface area (Å²) in [4.78, 5) is 25.3. The number of ketones is 1. The van der Waals surface area contributed by atoms with E-state index < -0.39 is 5.97 Å². The lowest BCUT2D eigenvalue weighted by Crippen LogP contribution is -2.16. The molecule has 0 saturated carbocycles. The van der Waals surface area contributed by atoms with Crippen molar-refractivity contribution < 1.29 is 33.3 Å². The summed E-state index contributed by atoms with van der Waals surface area (Å²) in [6.45, 7) is 9.46. The van der Waals surface area contributed by atoms with Crippen molar-refractivity contribution in [2.45, 2.75) is 34.1 Å². The van der Waals surface area contributed by atoms with E-state index >= 15 is 0 Å². The van der Waals surface area contributed by atoms with E-state index in [1.54, 1.807) is 18.2 Å². The third-order valence-electron chi connectivity index (χ3n) is 6.00.